The first kappa shape index (κ1) is 21.3. The molecule has 0 saturated heterocycles. The molecule has 4 N–H and O–H groups in total. The highest BCUT2D eigenvalue weighted by molar-refractivity contribution is 7.86. The summed E-state index contributed by atoms with van der Waals surface area (Å²) in [5.41, 5.74) is 4.79. The summed E-state index contributed by atoms with van der Waals surface area (Å²) in [6.45, 7) is 0. The quantitative estimate of drug-likeness (QED) is 0.240. The van der Waals surface area contributed by atoms with Gasteiger partial charge in [-0.1, -0.05) is 11.8 Å². The number of non-ortho nitro benzene ring substituents is 1. The van der Waals surface area contributed by atoms with Crippen LogP contribution in [0.1, 0.15) is 0 Å². The summed E-state index contributed by atoms with van der Waals surface area (Å²) >= 11 is 0. The highest BCUT2D eigenvalue weighted by Gasteiger charge is 2.18. The average Bonchev–Trinajstić information content (AvgIpc) is 2.65. The van der Waals surface area contributed by atoms with Gasteiger partial charge in [-0.3, -0.25) is 19.2 Å². The topological polar surface area (TPSA) is 199 Å². The largest absolute Gasteiger partial charge is 0.870 e. The molecule has 3 aromatic rings. The molecule has 0 saturated carbocycles. The molecule has 14 heteroatoms. The maximum atomic E-state index is 12.6. The Morgan fingerprint density at radius 2 is 1.50 bits per heavy atom. The molecular formula is C16H12N3O9S2-. The van der Waals surface area contributed by atoms with Crippen LogP contribution in [0.3, 0.4) is 0 Å². The van der Waals surface area contributed by atoms with Gasteiger partial charge in [0.2, 0.25) is 0 Å². The van der Waals surface area contributed by atoms with Crippen molar-refractivity contribution < 1.29 is 36.0 Å². The third-order valence-corrected chi connectivity index (χ3v) is 5.72. The number of hydrogen-bond donors (Lipinski definition) is 4. The van der Waals surface area contributed by atoms with Crippen molar-refractivity contribution in [1.82, 2.24) is 0 Å². The monoisotopic (exact) mass is 454 g/mol. The molecule has 0 spiro atoms. The SMILES string of the molecule is O=[N+]([O-])c1ccc(NNc2c([O-])c(S(=O)(=O)O)cc3cc(S(=O)(=O)O)ccc23)cc1. The molecule has 0 aromatic heterocycles. The van der Waals surface area contributed by atoms with Crippen molar-refractivity contribution >= 4 is 48.1 Å². The van der Waals surface area contributed by atoms with Crippen LogP contribution in [0.2, 0.25) is 0 Å². The van der Waals surface area contributed by atoms with Crippen molar-refractivity contribution in [3.8, 4) is 5.75 Å². The first-order valence-electron chi connectivity index (χ1n) is 7.87. The summed E-state index contributed by atoms with van der Waals surface area (Å²) in [6.07, 6.45) is 0. The van der Waals surface area contributed by atoms with Crippen molar-refractivity contribution in [2.75, 3.05) is 10.9 Å². The zero-order valence-corrected chi connectivity index (χ0v) is 16.3. The molecule has 0 unspecified atom stereocenters. The Kier molecular flexibility index (Phi) is 5.25. The van der Waals surface area contributed by atoms with Crippen LogP contribution in [0.25, 0.3) is 10.8 Å². The van der Waals surface area contributed by atoms with Crippen molar-refractivity contribution in [2.24, 2.45) is 0 Å². The molecule has 158 valence electrons. The predicted octanol–water partition coefficient (Wildman–Crippen LogP) is 1.75. The zero-order valence-electron chi connectivity index (χ0n) is 14.6. The van der Waals surface area contributed by atoms with E-state index in [0.29, 0.717) is 0 Å². The number of nitro benzene ring substituents is 1. The highest BCUT2D eigenvalue weighted by Crippen LogP contribution is 2.37. The van der Waals surface area contributed by atoms with E-state index in [-0.39, 0.29) is 27.8 Å². The van der Waals surface area contributed by atoms with Gasteiger partial charge in [-0.15, -0.1) is 0 Å². The van der Waals surface area contributed by atoms with E-state index in [4.69, 9.17) is 0 Å². The maximum Gasteiger partial charge on any atom is 0.294 e. The number of benzene rings is 3. The number of anilines is 2. The zero-order chi connectivity index (χ0) is 22.3. The van der Waals surface area contributed by atoms with Gasteiger partial charge in [-0.2, -0.15) is 16.8 Å². The summed E-state index contributed by atoms with van der Waals surface area (Å²) in [6, 6.07) is 8.88. The Labute approximate surface area is 169 Å². The summed E-state index contributed by atoms with van der Waals surface area (Å²) < 4.78 is 64.4. The number of hydrogen-bond acceptors (Lipinski definition) is 9. The molecule has 0 atom stereocenters. The second kappa shape index (κ2) is 7.42. The minimum Gasteiger partial charge on any atom is -0.870 e. The minimum absolute atomic E-state index is 0.0780. The Hall–Kier alpha value is -3.46. The Morgan fingerprint density at radius 3 is 2.03 bits per heavy atom. The maximum absolute atomic E-state index is 12.6. The Morgan fingerprint density at radius 1 is 0.867 bits per heavy atom. The first-order chi connectivity index (χ1) is 13.9. The third-order valence-electron chi connectivity index (χ3n) is 4.02. The fraction of sp³-hybridized carbons (Fsp3) is 0. The lowest BCUT2D eigenvalue weighted by molar-refractivity contribution is -0.384. The summed E-state index contributed by atoms with van der Waals surface area (Å²) in [7, 11) is -9.57. The molecule has 0 aliphatic heterocycles. The van der Waals surface area contributed by atoms with Gasteiger partial charge in [0.15, 0.2) is 0 Å². The van der Waals surface area contributed by atoms with Crippen molar-refractivity contribution in [3.63, 3.8) is 0 Å². The lowest BCUT2D eigenvalue weighted by atomic mass is 10.1. The standard InChI is InChI=1S/C16H13N3O9S2/c20-16-14(30(26,27)28)8-9-7-12(29(23,24)25)5-6-13(9)15(16)18-17-10-1-3-11(4-2-10)19(21)22/h1-8,17-18,20H,(H,23,24,25)(H,26,27,28)/p-1. The smallest absolute Gasteiger partial charge is 0.294 e. The molecule has 0 bridgehead atoms. The Balaban J connectivity index is 2.11. The van der Waals surface area contributed by atoms with Crippen LogP contribution in [0.15, 0.2) is 58.3 Å². The van der Waals surface area contributed by atoms with Gasteiger partial charge in [-0.05, 0) is 35.7 Å². The van der Waals surface area contributed by atoms with E-state index in [1.165, 1.54) is 24.3 Å². The van der Waals surface area contributed by atoms with E-state index < -0.39 is 40.7 Å². The van der Waals surface area contributed by atoms with Gasteiger partial charge in [0.1, 0.15) is 0 Å². The molecule has 0 radical (unpaired) electrons. The molecule has 12 nitrogen and oxygen atoms in total. The number of rotatable bonds is 6. The molecule has 3 aromatic carbocycles. The van der Waals surface area contributed by atoms with Gasteiger partial charge in [0.05, 0.1) is 26.1 Å². The van der Waals surface area contributed by atoms with Crippen LogP contribution in [-0.2, 0) is 20.2 Å². The van der Waals surface area contributed by atoms with E-state index in [9.17, 15) is 41.2 Å². The summed E-state index contributed by atoms with van der Waals surface area (Å²) in [5.74, 6) is -1.11. The van der Waals surface area contributed by atoms with Crippen LogP contribution >= 0.6 is 0 Å². The molecule has 3 rings (SSSR count). The number of nitrogens with one attached hydrogen (secondary N) is 2. The van der Waals surface area contributed by atoms with Crippen LogP contribution in [0.5, 0.6) is 5.75 Å². The molecule has 0 aliphatic carbocycles. The van der Waals surface area contributed by atoms with Crippen LogP contribution in [0.4, 0.5) is 17.1 Å². The second-order valence-corrected chi connectivity index (χ2v) is 8.78. The fourth-order valence-corrected chi connectivity index (χ4v) is 3.75. The summed E-state index contributed by atoms with van der Waals surface area (Å²) in [4.78, 5) is 8.52. The Bertz CT molecular complexity index is 1370. The predicted molar refractivity (Wildman–Crippen MR) is 103 cm³/mol. The molecule has 0 amide bonds. The summed E-state index contributed by atoms with van der Waals surface area (Å²) in [5, 5.41) is 23.3. The number of fused-ring (bicyclic) bond motifs is 1. The molecule has 30 heavy (non-hydrogen) atoms. The first-order valence-corrected chi connectivity index (χ1v) is 10.7. The highest BCUT2D eigenvalue weighted by atomic mass is 32.2. The van der Waals surface area contributed by atoms with Gasteiger partial charge in [0.25, 0.3) is 25.9 Å². The van der Waals surface area contributed by atoms with Crippen molar-refractivity contribution in [1.29, 1.82) is 0 Å². The van der Waals surface area contributed by atoms with E-state index in [1.807, 2.05) is 0 Å². The normalized spacial score (nSPS) is 11.9. The molecule has 0 heterocycles. The van der Waals surface area contributed by atoms with Crippen LogP contribution in [-0.4, -0.2) is 30.9 Å². The van der Waals surface area contributed by atoms with Gasteiger partial charge in [-0.25, -0.2) is 0 Å². The third kappa shape index (κ3) is 4.25. The lowest BCUT2D eigenvalue weighted by Crippen LogP contribution is -2.14. The fourth-order valence-electron chi connectivity index (χ4n) is 2.62. The van der Waals surface area contributed by atoms with E-state index >= 15 is 0 Å². The van der Waals surface area contributed by atoms with E-state index in [1.54, 1.807) is 0 Å². The molecule has 0 aliphatic rings. The molecule has 0 fully saturated rings. The molecular weight excluding hydrogens is 442 g/mol. The van der Waals surface area contributed by atoms with Gasteiger partial charge >= 0.3 is 0 Å². The number of nitro groups is 1. The van der Waals surface area contributed by atoms with Crippen LogP contribution in [0, 0.1) is 10.1 Å². The van der Waals surface area contributed by atoms with Gasteiger partial charge in [0, 0.05) is 17.5 Å². The number of nitrogens with zero attached hydrogens (tertiary/aromatic N) is 1. The van der Waals surface area contributed by atoms with Crippen molar-refractivity contribution in [2.45, 2.75) is 9.79 Å². The minimum atomic E-state index is -4.96. The second-order valence-electron chi connectivity index (χ2n) is 5.97. The lowest BCUT2D eigenvalue weighted by Gasteiger charge is -2.22. The van der Waals surface area contributed by atoms with Crippen molar-refractivity contribution in [3.05, 3.63) is 58.6 Å². The van der Waals surface area contributed by atoms with Crippen LogP contribution < -0.4 is 16.0 Å². The van der Waals surface area contributed by atoms with Gasteiger partial charge < -0.3 is 16.0 Å². The number of hydrazine groups is 1. The average molecular weight is 454 g/mol. The van der Waals surface area contributed by atoms with E-state index in [0.717, 1.165) is 24.3 Å². The van der Waals surface area contributed by atoms with E-state index in [2.05, 4.69) is 10.9 Å².